The number of ether oxygens (including phenoxy) is 2. The van der Waals surface area contributed by atoms with E-state index in [0.29, 0.717) is 36.2 Å². The zero-order valence-corrected chi connectivity index (χ0v) is 19.5. The summed E-state index contributed by atoms with van der Waals surface area (Å²) in [6, 6.07) is 4.56. The lowest BCUT2D eigenvalue weighted by Gasteiger charge is -2.33. The fraction of sp³-hybridized carbons (Fsp3) is 0.435. The fourth-order valence-corrected chi connectivity index (χ4v) is 5.53. The summed E-state index contributed by atoms with van der Waals surface area (Å²) in [6.45, 7) is 6.12. The van der Waals surface area contributed by atoms with Crippen LogP contribution in [-0.4, -0.2) is 87.9 Å². The predicted octanol–water partition coefficient (Wildman–Crippen LogP) is 1.91. The van der Waals surface area contributed by atoms with Gasteiger partial charge in [-0.1, -0.05) is 6.08 Å². The summed E-state index contributed by atoms with van der Waals surface area (Å²) >= 11 is 1.35. The number of nitrogens with zero attached hydrogens (tertiary/aromatic N) is 4. The second-order valence-corrected chi connectivity index (χ2v) is 9.38. The number of hydrogen-bond acceptors (Lipinski definition) is 6. The molecule has 1 aromatic carbocycles. The van der Waals surface area contributed by atoms with Crippen molar-refractivity contribution in [2.24, 2.45) is 4.99 Å². The maximum absolute atomic E-state index is 13.2. The van der Waals surface area contributed by atoms with Crippen molar-refractivity contribution >= 4 is 46.3 Å². The first-order valence-corrected chi connectivity index (χ1v) is 12.2. The molecule has 0 aromatic heterocycles. The molecule has 2 saturated heterocycles. The van der Waals surface area contributed by atoms with E-state index in [9.17, 15) is 14.4 Å². The van der Waals surface area contributed by atoms with Gasteiger partial charge in [0.25, 0.3) is 11.7 Å². The third kappa shape index (κ3) is 4.27. The Hall–Kier alpha value is -3.34. The van der Waals surface area contributed by atoms with Gasteiger partial charge in [0, 0.05) is 18.3 Å². The van der Waals surface area contributed by atoms with Gasteiger partial charge in [-0.2, -0.15) is 0 Å². The van der Waals surface area contributed by atoms with Crippen LogP contribution in [0, 0.1) is 0 Å². The van der Waals surface area contributed by atoms with Crippen LogP contribution in [0.1, 0.15) is 19.3 Å². The molecule has 0 radical (unpaired) electrons. The molecule has 1 aromatic rings. The number of piperidine rings is 1. The van der Waals surface area contributed by atoms with E-state index >= 15 is 0 Å². The molecule has 4 amide bonds. The number of nitrogens with one attached hydrogen (secondary N) is 1. The van der Waals surface area contributed by atoms with E-state index in [0.717, 1.165) is 36.0 Å². The number of carbonyl (C=O) groups excluding carboxylic acids is 3. The van der Waals surface area contributed by atoms with E-state index in [1.807, 2.05) is 0 Å². The Kier molecular flexibility index (Phi) is 6.27. The van der Waals surface area contributed by atoms with Crippen molar-refractivity contribution in [3.8, 4) is 11.5 Å². The van der Waals surface area contributed by atoms with Gasteiger partial charge in [-0.25, -0.2) is 9.69 Å². The average molecular weight is 485 g/mol. The lowest BCUT2D eigenvalue weighted by Crippen LogP contribution is -2.61. The van der Waals surface area contributed by atoms with Gasteiger partial charge < -0.3 is 14.8 Å². The molecule has 0 aliphatic carbocycles. The van der Waals surface area contributed by atoms with Crippen LogP contribution in [0.15, 0.2) is 35.8 Å². The van der Waals surface area contributed by atoms with Crippen molar-refractivity contribution in [1.29, 1.82) is 0 Å². The van der Waals surface area contributed by atoms with Crippen LogP contribution in [-0.2, 0) is 9.59 Å². The molecule has 0 spiro atoms. The second-order valence-electron chi connectivity index (χ2n) is 8.31. The lowest BCUT2D eigenvalue weighted by molar-refractivity contribution is -0.535. The minimum atomic E-state index is -0.656. The molecule has 5 rings (SSSR count). The van der Waals surface area contributed by atoms with Gasteiger partial charge in [0.2, 0.25) is 5.91 Å². The number of urea groups is 1. The van der Waals surface area contributed by atoms with E-state index in [-0.39, 0.29) is 19.0 Å². The Morgan fingerprint density at radius 3 is 2.71 bits per heavy atom. The van der Waals surface area contributed by atoms with Crippen LogP contribution < -0.4 is 14.8 Å². The largest absolute Gasteiger partial charge is 0.486 e. The highest BCUT2D eigenvalue weighted by Crippen LogP contribution is 2.34. The number of thioether (sulfide) groups is 1. The number of carbonyl (C=O) groups is 3. The van der Waals surface area contributed by atoms with Crippen molar-refractivity contribution in [3.05, 3.63) is 30.9 Å². The summed E-state index contributed by atoms with van der Waals surface area (Å²) in [5.41, 5.74) is 0.526. The second kappa shape index (κ2) is 9.49. The van der Waals surface area contributed by atoms with Gasteiger partial charge in [0.05, 0.1) is 13.1 Å². The molecular formula is C23H26N5O5S+. The minimum Gasteiger partial charge on any atom is -0.486 e. The zero-order valence-electron chi connectivity index (χ0n) is 18.7. The van der Waals surface area contributed by atoms with Gasteiger partial charge in [0.1, 0.15) is 19.8 Å². The third-order valence-electron chi connectivity index (χ3n) is 5.96. The first kappa shape index (κ1) is 22.5. The molecule has 0 bridgehead atoms. The van der Waals surface area contributed by atoms with Crippen LogP contribution in [0.5, 0.6) is 11.5 Å². The van der Waals surface area contributed by atoms with Gasteiger partial charge in [0.15, 0.2) is 16.7 Å². The SMILES string of the molecule is C=CCN1C(=O)C2SC(=[N+]3CCCCC3)N=C2N(CC(=O)Nc2ccc3c(c2)OCCO3)C1=O. The van der Waals surface area contributed by atoms with Crippen LogP contribution in [0.2, 0.25) is 0 Å². The first-order valence-electron chi connectivity index (χ1n) is 11.4. The van der Waals surface area contributed by atoms with Crippen LogP contribution >= 0.6 is 11.8 Å². The fourth-order valence-electron chi connectivity index (χ4n) is 4.32. The summed E-state index contributed by atoms with van der Waals surface area (Å²) in [5.74, 6) is 0.756. The Morgan fingerprint density at radius 2 is 1.94 bits per heavy atom. The first-order chi connectivity index (χ1) is 16.5. The molecule has 11 heteroatoms. The smallest absolute Gasteiger partial charge is 0.357 e. The van der Waals surface area contributed by atoms with Gasteiger partial charge in [-0.3, -0.25) is 19.1 Å². The quantitative estimate of drug-likeness (QED) is 0.506. The van der Waals surface area contributed by atoms with E-state index in [1.54, 1.807) is 18.2 Å². The lowest BCUT2D eigenvalue weighted by atomic mass is 10.2. The molecule has 178 valence electrons. The van der Waals surface area contributed by atoms with Crippen molar-refractivity contribution in [1.82, 2.24) is 9.80 Å². The molecule has 1 unspecified atom stereocenters. The third-order valence-corrected chi connectivity index (χ3v) is 7.17. The summed E-state index contributed by atoms with van der Waals surface area (Å²) in [4.78, 5) is 46.3. The normalized spacial score (nSPS) is 21.9. The highest BCUT2D eigenvalue weighted by Gasteiger charge is 2.53. The number of aliphatic imine (C=N–C) groups is 1. The summed E-state index contributed by atoms with van der Waals surface area (Å²) in [7, 11) is 0. The molecule has 1 N–H and O–H groups in total. The number of amides is 4. The Bertz CT molecular complexity index is 1110. The summed E-state index contributed by atoms with van der Waals surface area (Å²) in [5, 5.41) is 2.88. The molecule has 4 heterocycles. The van der Waals surface area contributed by atoms with Crippen LogP contribution in [0.25, 0.3) is 0 Å². The van der Waals surface area contributed by atoms with E-state index < -0.39 is 17.2 Å². The highest BCUT2D eigenvalue weighted by molar-refractivity contribution is 8.15. The Morgan fingerprint density at radius 1 is 1.18 bits per heavy atom. The number of anilines is 1. The molecule has 1 atom stereocenters. The summed E-state index contributed by atoms with van der Waals surface area (Å²) in [6.07, 6.45) is 4.80. The number of benzene rings is 1. The number of fused-ring (bicyclic) bond motifs is 2. The molecule has 4 aliphatic rings. The Labute approximate surface area is 201 Å². The predicted molar refractivity (Wildman–Crippen MR) is 128 cm³/mol. The number of hydrogen-bond donors (Lipinski definition) is 1. The monoisotopic (exact) mass is 484 g/mol. The van der Waals surface area contributed by atoms with Gasteiger partial charge in [-0.05, 0) is 48.1 Å². The topological polar surface area (TPSA) is 104 Å². The zero-order chi connectivity index (χ0) is 23.7. The van der Waals surface area contributed by atoms with Crippen LogP contribution in [0.3, 0.4) is 0 Å². The van der Waals surface area contributed by atoms with Crippen molar-refractivity contribution in [3.63, 3.8) is 0 Å². The maximum Gasteiger partial charge on any atom is 0.357 e. The molecule has 0 saturated carbocycles. The number of imide groups is 1. The van der Waals surface area contributed by atoms with Crippen molar-refractivity contribution < 1.29 is 28.4 Å². The standard InChI is InChI=1S/C23H25N5O5S/c1-2-8-27-21(30)19-20(25-22(34-19)26-9-4-3-5-10-26)28(23(27)31)14-18(29)24-15-6-7-16-17(13-15)33-12-11-32-16/h2,6-7,13,19H,1,3-5,8-12,14H2/p+1. The van der Waals surface area contributed by atoms with E-state index in [4.69, 9.17) is 9.47 Å². The Balaban J connectivity index is 1.38. The van der Waals surface area contributed by atoms with E-state index in [1.165, 1.54) is 29.2 Å². The van der Waals surface area contributed by atoms with Crippen LogP contribution in [0.4, 0.5) is 10.5 Å². The van der Waals surface area contributed by atoms with Crippen molar-refractivity contribution in [2.75, 3.05) is 44.7 Å². The number of rotatable bonds is 5. The number of amidine groups is 2. The molecular weight excluding hydrogens is 458 g/mol. The van der Waals surface area contributed by atoms with E-state index in [2.05, 4.69) is 21.5 Å². The average Bonchev–Trinajstić information content (AvgIpc) is 3.31. The molecule has 4 aliphatic heterocycles. The minimum absolute atomic E-state index is 0.0708. The summed E-state index contributed by atoms with van der Waals surface area (Å²) < 4.78 is 13.2. The molecule has 2 fully saturated rings. The maximum atomic E-state index is 13.2. The van der Waals surface area contributed by atoms with Crippen molar-refractivity contribution in [2.45, 2.75) is 24.5 Å². The van der Waals surface area contributed by atoms with Gasteiger partial charge >= 0.3 is 11.2 Å². The molecule has 10 nitrogen and oxygen atoms in total. The van der Waals surface area contributed by atoms with Gasteiger partial charge in [-0.15, -0.1) is 6.58 Å². The highest BCUT2D eigenvalue weighted by atomic mass is 32.2. The molecule has 34 heavy (non-hydrogen) atoms.